The Hall–Kier alpha value is -0.610. The average molecular weight is 230 g/mol. The molecule has 16 heavy (non-hydrogen) atoms. The van der Waals surface area contributed by atoms with Gasteiger partial charge in [-0.2, -0.15) is 0 Å². The van der Waals surface area contributed by atoms with Crippen molar-refractivity contribution in [2.45, 2.75) is 53.2 Å². The van der Waals surface area contributed by atoms with Gasteiger partial charge in [-0.05, 0) is 17.8 Å². The van der Waals surface area contributed by atoms with Crippen LogP contribution in [0.3, 0.4) is 0 Å². The Morgan fingerprint density at radius 3 is 2.25 bits per heavy atom. The van der Waals surface area contributed by atoms with Crippen molar-refractivity contribution in [2.75, 3.05) is 6.54 Å². The van der Waals surface area contributed by atoms with Crippen molar-refractivity contribution >= 4 is 5.91 Å². The molecule has 0 aromatic rings. The molecule has 0 saturated carbocycles. The average Bonchev–Trinajstić information content (AvgIpc) is 2.10. The van der Waals surface area contributed by atoms with Gasteiger partial charge in [0.15, 0.2) is 0 Å². The third-order valence-corrected chi connectivity index (χ3v) is 2.47. The highest BCUT2D eigenvalue weighted by molar-refractivity contribution is 5.82. The second-order valence-corrected chi connectivity index (χ2v) is 5.87. The summed E-state index contributed by atoms with van der Waals surface area (Å²) in [5.41, 5.74) is 5.53. The Labute approximate surface area is 98.6 Å². The van der Waals surface area contributed by atoms with E-state index in [0.717, 1.165) is 0 Å². The summed E-state index contributed by atoms with van der Waals surface area (Å²) >= 11 is 0. The molecule has 0 aliphatic carbocycles. The standard InChI is InChI=1S/C12H26N2O2/c1-8(2)6-9(15)7-14-11(16)10(13)12(3,4)5/h8-10,15H,6-7,13H2,1-5H3,(H,14,16). The highest BCUT2D eigenvalue weighted by Gasteiger charge is 2.27. The van der Waals surface area contributed by atoms with Crippen molar-refractivity contribution in [1.82, 2.24) is 5.32 Å². The zero-order valence-corrected chi connectivity index (χ0v) is 11.1. The summed E-state index contributed by atoms with van der Waals surface area (Å²) in [5, 5.41) is 12.3. The van der Waals surface area contributed by atoms with Crippen LogP contribution < -0.4 is 11.1 Å². The maximum absolute atomic E-state index is 11.6. The fraction of sp³-hybridized carbons (Fsp3) is 0.917. The monoisotopic (exact) mass is 230 g/mol. The van der Waals surface area contributed by atoms with Gasteiger partial charge in [-0.25, -0.2) is 0 Å². The highest BCUT2D eigenvalue weighted by Crippen LogP contribution is 2.17. The Bertz CT molecular complexity index is 222. The number of carbonyl (C=O) groups excluding carboxylic acids is 1. The molecule has 1 amide bonds. The second-order valence-electron chi connectivity index (χ2n) is 5.87. The lowest BCUT2D eigenvalue weighted by Crippen LogP contribution is -2.50. The number of carbonyl (C=O) groups is 1. The molecule has 0 rings (SSSR count). The van der Waals surface area contributed by atoms with Crippen LogP contribution in [0.2, 0.25) is 0 Å². The summed E-state index contributed by atoms with van der Waals surface area (Å²) in [7, 11) is 0. The van der Waals surface area contributed by atoms with E-state index in [-0.39, 0.29) is 17.9 Å². The third-order valence-electron chi connectivity index (χ3n) is 2.47. The van der Waals surface area contributed by atoms with Crippen LogP contribution in [-0.4, -0.2) is 29.7 Å². The van der Waals surface area contributed by atoms with E-state index in [1.807, 2.05) is 34.6 Å². The fourth-order valence-electron chi connectivity index (χ4n) is 1.35. The summed E-state index contributed by atoms with van der Waals surface area (Å²) in [4.78, 5) is 11.6. The van der Waals surface area contributed by atoms with Crippen LogP contribution in [0, 0.1) is 11.3 Å². The summed E-state index contributed by atoms with van der Waals surface area (Å²) in [6, 6.07) is -0.543. The van der Waals surface area contributed by atoms with E-state index in [0.29, 0.717) is 12.3 Å². The van der Waals surface area contributed by atoms with E-state index in [1.165, 1.54) is 0 Å². The van der Waals surface area contributed by atoms with E-state index in [4.69, 9.17) is 5.73 Å². The SMILES string of the molecule is CC(C)CC(O)CNC(=O)C(N)C(C)(C)C. The van der Waals surface area contributed by atoms with Gasteiger partial charge < -0.3 is 16.2 Å². The minimum Gasteiger partial charge on any atom is -0.391 e. The number of amides is 1. The molecule has 96 valence electrons. The second kappa shape index (κ2) is 6.21. The number of nitrogens with two attached hydrogens (primary N) is 1. The Kier molecular flexibility index (Phi) is 5.97. The van der Waals surface area contributed by atoms with Crippen molar-refractivity contribution in [3.05, 3.63) is 0 Å². The summed E-state index contributed by atoms with van der Waals surface area (Å²) in [5.74, 6) is 0.221. The van der Waals surface area contributed by atoms with Crippen molar-refractivity contribution in [1.29, 1.82) is 0 Å². The predicted octanol–water partition coefficient (Wildman–Crippen LogP) is 0.883. The van der Waals surface area contributed by atoms with Gasteiger partial charge in [0.1, 0.15) is 0 Å². The van der Waals surface area contributed by atoms with Gasteiger partial charge in [-0.3, -0.25) is 4.79 Å². The number of aliphatic hydroxyl groups excluding tert-OH is 1. The first-order chi connectivity index (χ1) is 7.14. The Morgan fingerprint density at radius 1 is 1.38 bits per heavy atom. The van der Waals surface area contributed by atoms with Crippen molar-refractivity contribution in [3.8, 4) is 0 Å². The van der Waals surface area contributed by atoms with E-state index < -0.39 is 12.1 Å². The molecular weight excluding hydrogens is 204 g/mol. The van der Waals surface area contributed by atoms with Crippen LogP contribution in [0.4, 0.5) is 0 Å². The Balaban J connectivity index is 3.99. The smallest absolute Gasteiger partial charge is 0.237 e. The maximum Gasteiger partial charge on any atom is 0.237 e. The molecule has 0 fully saturated rings. The Morgan fingerprint density at radius 2 is 1.88 bits per heavy atom. The van der Waals surface area contributed by atoms with Gasteiger partial charge in [-0.15, -0.1) is 0 Å². The first-order valence-electron chi connectivity index (χ1n) is 5.86. The lowest BCUT2D eigenvalue weighted by Gasteiger charge is -2.26. The minimum atomic E-state index is -0.543. The molecule has 0 spiro atoms. The van der Waals surface area contributed by atoms with Crippen LogP contribution in [-0.2, 0) is 4.79 Å². The lowest BCUT2D eigenvalue weighted by molar-refractivity contribution is -0.125. The van der Waals surface area contributed by atoms with Crippen LogP contribution in [0.1, 0.15) is 41.0 Å². The van der Waals surface area contributed by atoms with Crippen molar-refractivity contribution in [2.24, 2.45) is 17.1 Å². The highest BCUT2D eigenvalue weighted by atomic mass is 16.3. The molecule has 0 aliphatic heterocycles. The van der Waals surface area contributed by atoms with Crippen molar-refractivity contribution < 1.29 is 9.90 Å². The third kappa shape index (κ3) is 6.08. The molecule has 0 aromatic heterocycles. The number of hydrogen-bond donors (Lipinski definition) is 3. The molecule has 4 nitrogen and oxygen atoms in total. The van der Waals surface area contributed by atoms with Gasteiger partial charge in [0.05, 0.1) is 12.1 Å². The van der Waals surface area contributed by atoms with E-state index in [1.54, 1.807) is 0 Å². The molecule has 2 unspecified atom stereocenters. The number of rotatable bonds is 5. The quantitative estimate of drug-likeness (QED) is 0.656. The fourth-order valence-corrected chi connectivity index (χ4v) is 1.35. The molecule has 0 saturated heterocycles. The molecule has 0 aliphatic rings. The summed E-state index contributed by atoms with van der Waals surface area (Å²) in [6.45, 7) is 10.1. The molecule has 4 heteroatoms. The summed E-state index contributed by atoms with van der Waals surface area (Å²) in [6.07, 6.45) is 0.196. The molecule has 0 bridgehead atoms. The lowest BCUT2D eigenvalue weighted by atomic mass is 9.87. The van der Waals surface area contributed by atoms with Crippen LogP contribution >= 0.6 is 0 Å². The van der Waals surface area contributed by atoms with Crippen LogP contribution in [0.25, 0.3) is 0 Å². The van der Waals surface area contributed by atoms with Gasteiger partial charge in [0.25, 0.3) is 0 Å². The zero-order valence-electron chi connectivity index (χ0n) is 11.1. The molecule has 4 N–H and O–H groups in total. The number of hydrogen-bond acceptors (Lipinski definition) is 3. The zero-order chi connectivity index (χ0) is 12.9. The van der Waals surface area contributed by atoms with Gasteiger partial charge in [-0.1, -0.05) is 34.6 Å². The molecule has 0 radical (unpaired) electrons. The van der Waals surface area contributed by atoms with Crippen LogP contribution in [0.5, 0.6) is 0 Å². The largest absolute Gasteiger partial charge is 0.391 e. The maximum atomic E-state index is 11.6. The molecule has 0 aromatic carbocycles. The molecule has 0 heterocycles. The van der Waals surface area contributed by atoms with Crippen molar-refractivity contribution in [3.63, 3.8) is 0 Å². The van der Waals surface area contributed by atoms with Gasteiger partial charge >= 0.3 is 0 Å². The topological polar surface area (TPSA) is 75.3 Å². The summed E-state index contributed by atoms with van der Waals surface area (Å²) < 4.78 is 0. The number of nitrogens with one attached hydrogen (secondary N) is 1. The minimum absolute atomic E-state index is 0.199. The van der Waals surface area contributed by atoms with E-state index in [9.17, 15) is 9.90 Å². The first-order valence-corrected chi connectivity index (χ1v) is 5.86. The molecular formula is C12H26N2O2. The van der Waals surface area contributed by atoms with E-state index >= 15 is 0 Å². The predicted molar refractivity (Wildman–Crippen MR) is 65.9 cm³/mol. The number of aliphatic hydroxyl groups is 1. The molecule has 2 atom stereocenters. The normalized spacial score (nSPS) is 16.0. The van der Waals surface area contributed by atoms with Crippen LogP contribution in [0.15, 0.2) is 0 Å². The van der Waals surface area contributed by atoms with Gasteiger partial charge in [0.2, 0.25) is 5.91 Å². The van der Waals surface area contributed by atoms with Gasteiger partial charge in [0, 0.05) is 6.54 Å². The first kappa shape index (κ1) is 15.4. The van der Waals surface area contributed by atoms with E-state index in [2.05, 4.69) is 5.32 Å².